The van der Waals surface area contributed by atoms with Gasteiger partial charge in [0.1, 0.15) is 0 Å². The Balaban J connectivity index is 2.82. The highest BCUT2D eigenvalue weighted by atomic mass is 35.5. The molecule has 21 heavy (non-hydrogen) atoms. The number of hydrogen-bond donors (Lipinski definition) is 1. The molecule has 0 aliphatic rings. The topological polar surface area (TPSA) is 55.8 Å². The first kappa shape index (κ1) is 17.6. The molecule has 1 aromatic carbocycles. The van der Waals surface area contributed by atoms with Crippen LogP contribution in [0.3, 0.4) is 0 Å². The van der Waals surface area contributed by atoms with E-state index in [0.29, 0.717) is 36.2 Å². The van der Waals surface area contributed by atoms with Crippen LogP contribution in [0.15, 0.2) is 12.1 Å². The zero-order valence-electron chi connectivity index (χ0n) is 12.7. The van der Waals surface area contributed by atoms with Crippen LogP contribution in [0.1, 0.15) is 45.1 Å². The smallest absolute Gasteiger partial charge is 0.303 e. The van der Waals surface area contributed by atoms with Crippen molar-refractivity contribution < 1.29 is 19.4 Å². The van der Waals surface area contributed by atoms with E-state index in [0.717, 1.165) is 24.8 Å². The number of carbonyl (C=O) groups is 1. The molecule has 0 aromatic heterocycles. The highest BCUT2D eigenvalue weighted by Crippen LogP contribution is 2.37. The van der Waals surface area contributed by atoms with Crippen molar-refractivity contribution in [2.75, 3.05) is 13.2 Å². The van der Waals surface area contributed by atoms with Crippen molar-refractivity contribution in [3.05, 3.63) is 22.7 Å². The predicted molar refractivity (Wildman–Crippen MR) is 83.6 cm³/mol. The maximum Gasteiger partial charge on any atom is 0.303 e. The summed E-state index contributed by atoms with van der Waals surface area (Å²) in [5.74, 6) is 0.305. The summed E-state index contributed by atoms with van der Waals surface area (Å²) in [6, 6.07) is 3.57. The molecule has 0 amide bonds. The maximum atomic E-state index is 10.6. The number of unbranched alkanes of at least 4 members (excludes halogenated alkanes) is 2. The molecule has 0 bridgehead atoms. The van der Waals surface area contributed by atoms with Crippen molar-refractivity contribution >= 4 is 17.6 Å². The van der Waals surface area contributed by atoms with Gasteiger partial charge in [0.25, 0.3) is 0 Å². The van der Waals surface area contributed by atoms with Gasteiger partial charge in [-0.1, -0.05) is 31.4 Å². The summed E-state index contributed by atoms with van der Waals surface area (Å²) in [6.07, 6.45) is 3.70. The van der Waals surface area contributed by atoms with Crippen LogP contribution in [0.5, 0.6) is 11.5 Å². The lowest BCUT2D eigenvalue weighted by Crippen LogP contribution is -2.03. The van der Waals surface area contributed by atoms with Crippen LogP contribution in [0.4, 0.5) is 0 Å². The normalized spacial score (nSPS) is 10.4. The van der Waals surface area contributed by atoms with Gasteiger partial charge in [-0.05, 0) is 37.5 Å². The third-order valence-electron chi connectivity index (χ3n) is 2.99. The minimum atomic E-state index is -0.830. The van der Waals surface area contributed by atoms with E-state index < -0.39 is 5.97 Å². The summed E-state index contributed by atoms with van der Waals surface area (Å²) in [6.45, 7) is 5.13. The Morgan fingerprint density at radius 1 is 1.24 bits per heavy atom. The summed E-state index contributed by atoms with van der Waals surface area (Å²) in [5, 5.41) is 9.22. The Kier molecular flexibility index (Phi) is 7.98. The first-order valence-corrected chi connectivity index (χ1v) is 7.76. The molecule has 0 aliphatic heterocycles. The Morgan fingerprint density at radius 3 is 2.62 bits per heavy atom. The van der Waals surface area contributed by atoms with Crippen molar-refractivity contribution in [2.24, 2.45) is 0 Å². The molecular formula is C16H23ClO4. The number of halogens is 1. The highest BCUT2D eigenvalue weighted by Gasteiger charge is 2.13. The third-order valence-corrected chi connectivity index (χ3v) is 3.27. The largest absolute Gasteiger partial charge is 0.490 e. The van der Waals surface area contributed by atoms with Gasteiger partial charge in [0.05, 0.1) is 18.2 Å². The fourth-order valence-corrected chi connectivity index (χ4v) is 2.23. The van der Waals surface area contributed by atoms with Gasteiger partial charge in [-0.3, -0.25) is 4.79 Å². The number of hydrogen-bond acceptors (Lipinski definition) is 3. The van der Waals surface area contributed by atoms with E-state index in [-0.39, 0.29) is 6.42 Å². The molecule has 1 N–H and O–H groups in total. The van der Waals surface area contributed by atoms with Crippen LogP contribution in [0, 0.1) is 0 Å². The van der Waals surface area contributed by atoms with Crippen molar-refractivity contribution in [1.29, 1.82) is 0 Å². The molecule has 1 aromatic rings. The van der Waals surface area contributed by atoms with E-state index in [1.165, 1.54) is 0 Å². The fraction of sp³-hybridized carbons (Fsp3) is 0.562. The molecule has 118 valence electrons. The summed E-state index contributed by atoms with van der Waals surface area (Å²) in [4.78, 5) is 10.6. The molecule has 1 rings (SSSR count). The molecule has 5 heteroatoms. The number of benzene rings is 1. The molecule has 0 fully saturated rings. The third kappa shape index (κ3) is 6.25. The molecule has 4 nitrogen and oxygen atoms in total. The first-order valence-electron chi connectivity index (χ1n) is 7.38. The van der Waals surface area contributed by atoms with Crippen molar-refractivity contribution in [1.82, 2.24) is 0 Å². The number of carboxylic acid groups (broad SMARTS) is 1. The molecule has 0 unspecified atom stereocenters. The molecule has 0 spiro atoms. The second kappa shape index (κ2) is 9.50. The second-order valence-corrected chi connectivity index (χ2v) is 5.19. The van der Waals surface area contributed by atoms with Gasteiger partial charge in [0.15, 0.2) is 11.5 Å². The molecule has 0 atom stereocenters. The standard InChI is InChI=1S/C16H23ClO4/c1-3-5-6-9-21-16-13(17)10-12(7-8-15(18)19)11-14(16)20-4-2/h10-11H,3-9H2,1-2H3,(H,18,19). The summed E-state index contributed by atoms with van der Waals surface area (Å²) in [7, 11) is 0. The van der Waals surface area contributed by atoms with Gasteiger partial charge >= 0.3 is 5.97 Å². The Morgan fingerprint density at radius 2 is 2.00 bits per heavy atom. The van der Waals surface area contributed by atoms with Crippen LogP contribution >= 0.6 is 11.6 Å². The Hall–Kier alpha value is -1.42. The minimum Gasteiger partial charge on any atom is -0.490 e. The lowest BCUT2D eigenvalue weighted by atomic mass is 10.1. The predicted octanol–water partition coefficient (Wildman–Crippen LogP) is 4.32. The Labute approximate surface area is 131 Å². The van der Waals surface area contributed by atoms with Gasteiger partial charge in [0, 0.05) is 6.42 Å². The summed E-state index contributed by atoms with van der Waals surface area (Å²) in [5.41, 5.74) is 0.840. The molecular weight excluding hydrogens is 292 g/mol. The SMILES string of the molecule is CCCCCOc1c(Cl)cc(CCC(=O)O)cc1OCC. The van der Waals surface area contributed by atoms with E-state index in [2.05, 4.69) is 6.92 Å². The number of ether oxygens (including phenoxy) is 2. The van der Waals surface area contributed by atoms with E-state index in [1.54, 1.807) is 6.07 Å². The number of aliphatic carboxylic acids is 1. The van der Waals surface area contributed by atoms with Crippen LogP contribution in [-0.2, 0) is 11.2 Å². The van der Waals surface area contributed by atoms with E-state index in [9.17, 15) is 4.79 Å². The van der Waals surface area contributed by atoms with Crippen LogP contribution in [-0.4, -0.2) is 24.3 Å². The minimum absolute atomic E-state index is 0.0681. The molecule has 0 radical (unpaired) electrons. The van der Waals surface area contributed by atoms with Crippen LogP contribution < -0.4 is 9.47 Å². The first-order chi connectivity index (χ1) is 10.1. The lowest BCUT2D eigenvalue weighted by molar-refractivity contribution is -0.136. The molecule has 0 aliphatic carbocycles. The molecule has 0 heterocycles. The van der Waals surface area contributed by atoms with E-state index in [4.69, 9.17) is 26.2 Å². The van der Waals surface area contributed by atoms with Gasteiger partial charge in [-0.25, -0.2) is 0 Å². The van der Waals surface area contributed by atoms with Gasteiger partial charge < -0.3 is 14.6 Å². The number of carboxylic acids is 1. The van der Waals surface area contributed by atoms with Gasteiger partial charge in [-0.2, -0.15) is 0 Å². The maximum absolute atomic E-state index is 10.6. The monoisotopic (exact) mass is 314 g/mol. The molecule has 0 saturated heterocycles. The molecule has 0 saturated carbocycles. The van der Waals surface area contributed by atoms with Crippen LogP contribution in [0.2, 0.25) is 5.02 Å². The van der Waals surface area contributed by atoms with Crippen molar-refractivity contribution in [3.63, 3.8) is 0 Å². The zero-order valence-corrected chi connectivity index (χ0v) is 13.4. The average Bonchev–Trinajstić information content (AvgIpc) is 2.43. The van der Waals surface area contributed by atoms with Gasteiger partial charge in [0.2, 0.25) is 0 Å². The average molecular weight is 315 g/mol. The lowest BCUT2D eigenvalue weighted by Gasteiger charge is -2.15. The zero-order chi connectivity index (χ0) is 15.7. The van der Waals surface area contributed by atoms with Crippen LogP contribution in [0.25, 0.3) is 0 Å². The van der Waals surface area contributed by atoms with Crippen molar-refractivity contribution in [2.45, 2.75) is 46.0 Å². The number of aryl methyl sites for hydroxylation is 1. The van der Waals surface area contributed by atoms with E-state index in [1.807, 2.05) is 13.0 Å². The highest BCUT2D eigenvalue weighted by molar-refractivity contribution is 6.32. The quantitative estimate of drug-likeness (QED) is 0.653. The van der Waals surface area contributed by atoms with E-state index >= 15 is 0 Å². The van der Waals surface area contributed by atoms with Gasteiger partial charge in [-0.15, -0.1) is 0 Å². The fourth-order valence-electron chi connectivity index (χ4n) is 1.95. The van der Waals surface area contributed by atoms with Crippen molar-refractivity contribution in [3.8, 4) is 11.5 Å². The Bertz CT molecular complexity index is 460. The summed E-state index contributed by atoms with van der Waals surface area (Å²) >= 11 is 6.25. The summed E-state index contributed by atoms with van der Waals surface area (Å²) < 4.78 is 11.3. The second-order valence-electron chi connectivity index (χ2n) is 4.79. The number of rotatable bonds is 10.